The van der Waals surface area contributed by atoms with E-state index in [4.69, 9.17) is 4.74 Å². The Morgan fingerprint density at radius 3 is 3.10 bits per heavy atom. The third kappa shape index (κ3) is 1.70. The van der Waals surface area contributed by atoms with Crippen molar-refractivity contribution in [1.82, 2.24) is 4.90 Å². The number of hydrogen-bond donors (Lipinski definition) is 0. The Kier molecular flexibility index (Phi) is 3.16. The molecule has 0 bridgehead atoms. The Morgan fingerprint density at radius 1 is 1.70 bits per heavy atom. The van der Waals surface area contributed by atoms with Gasteiger partial charge in [-0.15, -0.1) is 0 Å². The molecule has 1 fully saturated rings. The third-order valence-corrected chi connectivity index (χ3v) is 2.15. The van der Waals surface area contributed by atoms with Crippen LogP contribution in [0.15, 0.2) is 0 Å². The summed E-state index contributed by atoms with van der Waals surface area (Å²) in [6, 6.07) is 0.641. The molecule has 0 unspecified atom stereocenters. The maximum absolute atomic E-state index is 5.09. The summed E-state index contributed by atoms with van der Waals surface area (Å²) in [5.74, 6) is 0. The predicted molar refractivity (Wildman–Crippen MR) is 41.8 cm³/mol. The summed E-state index contributed by atoms with van der Waals surface area (Å²) in [6.07, 6.45) is 2.59. The van der Waals surface area contributed by atoms with E-state index >= 15 is 0 Å². The second kappa shape index (κ2) is 3.94. The Bertz CT molecular complexity index is 95.3. The molecule has 0 N–H and O–H groups in total. The van der Waals surface area contributed by atoms with Gasteiger partial charge in [0, 0.05) is 13.2 Å². The Morgan fingerprint density at radius 2 is 2.50 bits per heavy atom. The molecule has 0 aromatic carbocycles. The van der Waals surface area contributed by atoms with Crippen LogP contribution in [0.3, 0.4) is 0 Å². The highest BCUT2D eigenvalue weighted by Gasteiger charge is 2.21. The molecule has 2 nitrogen and oxygen atoms in total. The Balaban J connectivity index is 2.27. The largest absolute Gasteiger partial charge is 0.383 e. The lowest BCUT2D eigenvalue weighted by atomic mass is 10.2. The fraction of sp³-hybridized carbons (Fsp3) is 0.875. The van der Waals surface area contributed by atoms with Crippen LogP contribution >= 0.6 is 0 Å². The summed E-state index contributed by atoms with van der Waals surface area (Å²) in [4.78, 5) is 2.38. The molecule has 0 aliphatic carbocycles. The Hall–Kier alpha value is -0.0800. The van der Waals surface area contributed by atoms with E-state index in [2.05, 4.69) is 11.8 Å². The summed E-state index contributed by atoms with van der Waals surface area (Å²) >= 11 is 0. The van der Waals surface area contributed by atoms with Crippen LogP contribution in [0.1, 0.15) is 12.8 Å². The zero-order valence-electron chi connectivity index (χ0n) is 6.68. The maximum atomic E-state index is 5.09. The van der Waals surface area contributed by atoms with Gasteiger partial charge in [-0.3, -0.25) is 4.90 Å². The molecule has 1 atom stereocenters. The molecule has 0 aromatic heterocycles. The fourth-order valence-electron chi connectivity index (χ4n) is 1.57. The van der Waals surface area contributed by atoms with Crippen molar-refractivity contribution in [2.45, 2.75) is 18.9 Å². The van der Waals surface area contributed by atoms with Crippen LogP contribution in [0.5, 0.6) is 0 Å². The molecule has 1 aliphatic rings. The first-order chi connectivity index (χ1) is 4.88. The number of nitrogens with zero attached hydrogens (tertiary/aromatic N) is 1. The van der Waals surface area contributed by atoms with E-state index in [1.54, 1.807) is 7.11 Å². The van der Waals surface area contributed by atoms with Crippen molar-refractivity contribution in [2.75, 3.05) is 26.8 Å². The smallest absolute Gasteiger partial charge is 0.0618 e. The topological polar surface area (TPSA) is 12.5 Å². The molecular weight excluding hydrogens is 126 g/mol. The van der Waals surface area contributed by atoms with Gasteiger partial charge in [-0.2, -0.15) is 0 Å². The van der Waals surface area contributed by atoms with Crippen LogP contribution in [0.4, 0.5) is 0 Å². The summed E-state index contributed by atoms with van der Waals surface area (Å²) in [6.45, 7) is 6.87. The van der Waals surface area contributed by atoms with Gasteiger partial charge >= 0.3 is 0 Å². The van der Waals surface area contributed by atoms with Gasteiger partial charge in [0.05, 0.1) is 6.61 Å². The molecular formula is C8H16NO. The number of ether oxygens (including phenoxy) is 1. The minimum Gasteiger partial charge on any atom is -0.383 e. The standard InChI is InChI=1S/C8H16NO/c1-3-9-6-4-5-8(9)7-10-2/h8H,1,3-7H2,2H3/t8-/m0/s1. The van der Waals surface area contributed by atoms with E-state index in [9.17, 15) is 0 Å². The highest BCUT2D eigenvalue weighted by molar-refractivity contribution is 4.78. The van der Waals surface area contributed by atoms with Crippen LogP contribution in [-0.2, 0) is 4.74 Å². The van der Waals surface area contributed by atoms with Crippen LogP contribution < -0.4 is 0 Å². The van der Waals surface area contributed by atoms with Crippen LogP contribution in [0, 0.1) is 6.92 Å². The van der Waals surface area contributed by atoms with Crippen molar-refractivity contribution in [3.8, 4) is 0 Å². The predicted octanol–water partition coefficient (Wildman–Crippen LogP) is 0.931. The molecule has 0 amide bonds. The molecule has 59 valence electrons. The van der Waals surface area contributed by atoms with Crippen LogP contribution in [0.25, 0.3) is 0 Å². The van der Waals surface area contributed by atoms with Crippen molar-refractivity contribution in [2.24, 2.45) is 0 Å². The fourth-order valence-corrected chi connectivity index (χ4v) is 1.57. The average molecular weight is 142 g/mol. The van der Waals surface area contributed by atoms with E-state index in [1.807, 2.05) is 0 Å². The molecule has 0 spiro atoms. The summed E-state index contributed by atoms with van der Waals surface area (Å²) in [5.41, 5.74) is 0. The summed E-state index contributed by atoms with van der Waals surface area (Å²) in [7, 11) is 1.76. The first-order valence-electron chi connectivity index (χ1n) is 3.90. The molecule has 10 heavy (non-hydrogen) atoms. The second-order valence-corrected chi connectivity index (χ2v) is 2.79. The van der Waals surface area contributed by atoms with Crippen molar-refractivity contribution in [3.05, 3.63) is 6.92 Å². The van der Waals surface area contributed by atoms with Crippen molar-refractivity contribution < 1.29 is 4.74 Å². The summed E-state index contributed by atoms with van der Waals surface area (Å²) in [5, 5.41) is 0. The highest BCUT2D eigenvalue weighted by atomic mass is 16.5. The zero-order chi connectivity index (χ0) is 7.40. The average Bonchev–Trinajstić information content (AvgIpc) is 2.36. The highest BCUT2D eigenvalue weighted by Crippen LogP contribution is 2.15. The first-order valence-corrected chi connectivity index (χ1v) is 3.90. The van der Waals surface area contributed by atoms with Gasteiger partial charge in [0.25, 0.3) is 0 Å². The lowest BCUT2D eigenvalue weighted by molar-refractivity contribution is 0.122. The van der Waals surface area contributed by atoms with Gasteiger partial charge in [-0.05, 0) is 32.9 Å². The lowest BCUT2D eigenvalue weighted by Gasteiger charge is -2.21. The minimum absolute atomic E-state index is 0.641. The lowest BCUT2D eigenvalue weighted by Crippen LogP contribution is -2.32. The van der Waals surface area contributed by atoms with E-state index in [1.165, 1.54) is 19.4 Å². The van der Waals surface area contributed by atoms with Gasteiger partial charge in [-0.1, -0.05) is 0 Å². The van der Waals surface area contributed by atoms with Crippen molar-refractivity contribution >= 4 is 0 Å². The van der Waals surface area contributed by atoms with Crippen LogP contribution in [-0.4, -0.2) is 37.7 Å². The molecule has 2 heteroatoms. The maximum Gasteiger partial charge on any atom is 0.0618 e. The van der Waals surface area contributed by atoms with Crippen molar-refractivity contribution in [1.29, 1.82) is 0 Å². The molecule has 1 rings (SSSR count). The van der Waals surface area contributed by atoms with Gasteiger partial charge in [0.1, 0.15) is 0 Å². The summed E-state index contributed by atoms with van der Waals surface area (Å²) < 4.78 is 5.09. The Labute approximate surface area is 63.2 Å². The van der Waals surface area contributed by atoms with Crippen LogP contribution in [0.2, 0.25) is 0 Å². The van der Waals surface area contributed by atoms with E-state index < -0.39 is 0 Å². The minimum atomic E-state index is 0.641. The number of likely N-dealkylation sites (tertiary alicyclic amines) is 1. The van der Waals surface area contributed by atoms with Gasteiger partial charge < -0.3 is 4.74 Å². The van der Waals surface area contributed by atoms with Gasteiger partial charge in [0.15, 0.2) is 0 Å². The molecule has 0 saturated carbocycles. The monoisotopic (exact) mass is 142 g/mol. The number of methoxy groups -OCH3 is 1. The third-order valence-electron chi connectivity index (χ3n) is 2.15. The number of rotatable bonds is 3. The molecule has 1 saturated heterocycles. The molecule has 0 aromatic rings. The molecule has 1 heterocycles. The van der Waals surface area contributed by atoms with E-state index in [0.717, 1.165) is 13.2 Å². The second-order valence-electron chi connectivity index (χ2n) is 2.79. The quantitative estimate of drug-likeness (QED) is 0.581. The van der Waals surface area contributed by atoms with E-state index in [-0.39, 0.29) is 0 Å². The number of hydrogen-bond acceptors (Lipinski definition) is 2. The SMILES string of the molecule is [CH2]CN1CCC[C@H]1COC. The van der Waals surface area contributed by atoms with Crippen molar-refractivity contribution in [3.63, 3.8) is 0 Å². The van der Waals surface area contributed by atoms with E-state index in [0.29, 0.717) is 6.04 Å². The normalized spacial score (nSPS) is 27.6. The molecule has 1 aliphatic heterocycles. The molecule has 1 radical (unpaired) electrons. The van der Waals surface area contributed by atoms with Gasteiger partial charge in [-0.25, -0.2) is 0 Å². The van der Waals surface area contributed by atoms with Gasteiger partial charge in [0.2, 0.25) is 0 Å². The zero-order valence-corrected chi connectivity index (χ0v) is 6.68. The first kappa shape index (κ1) is 8.02.